The van der Waals surface area contributed by atoms with Crippen LogP contribution in [0.1, 0.15) is 35.0 Å². The summed E-state index contributed by atoms with van der Waals surface area (Å²) in [6.07, 6.45) is 3.38. The number of aromatic amines is 1. The maximum absolute atomic E-state index is 11.8. The summed E-state index contributed by atoms with van der Waals surface area (Å²) >= 11 is 0. The minimum Gasteiger partial charge on any atom is -0.343 e. The van der Waals surface area contributed by atoms with Crippen molar-refractivity contribution in [3.8, 4) is 0 Å². The van der Waals surface area contributed by atoms with Crippen molar-refractivity contribution >= 4 is 5.91 Å². The Kier molecular flexibility index (Phi) is 3.13. The van der Waals surface area contributed by atoms with Crippen LogP contribution >= 0.6 is 0 Å². The van der Waals surface area contributed by atoms with Gasteiger partial charge in [-0.15, -0.1) is 5.10 Å². The third kappa shape index (κ3) is 2.66. The smallest absolute Gasteiger partial charge is 0.291 e. The first-order chi connectivity index (χ1) is 8.16. The summed E-state index contributed by atoms with van der Waals surface area (Å²) in [6.45, 7) is 3.64. The Morgan fingerprint density at radius 2 is 2.12 bits per heavy atom. The first kappa shape index (κ1) is 11.3. The van der Waals surface area contributed by atoms with E-state index in [0.29, 0.717) is 5.82 Å². The summed E-state index contributed by atoms with van der Waals surface area (Å²) in [5.41, 5.74) is 0.987. The van der Waals surface area contributed by atoms with E-state index in [1.807, 2.05) is 19.1 Å². The molecule has 0 aliphatic heterocycles. The van der Waals surface area contributed by atoms with Gasteiger partial charge < -0.3 is 5.32 Å². The molecule has 17 heavy (non-hydrogen) atoms. The van der Waals surface area contributed by atoms with Crippen molar-refractivity contribution in [2.24, 2.45) is 0 Å². The van der Waals surface area contributed by atoms with Gasteiger partial charge in [0.15, 0.2) is 0 Å². The van der Waals surface area contributed by atoms with Crippen molar-refractivity contribution in [2.45, 2.75) is 19.9 Å². The molecule has 2 aromatic heterocycles. The Morgan fingerprint density at radius 1 is 1.41 bits per heavy atom. The fourth-order valence-corrected chi connectivity index (χ4v) is 1.44. The minimum absolute atomic E-state index is 0.107. The van der Waals surface area contributed by atoms with E-state index in [4.69, 9.17) is 0 Å². The molecule has 6 heteroatoms. The number of carbonyl (C=O) groups is 1. The molecular formula is C11H13N5O. The van der Waals surface area contributed by atoms with Gasteiger partial charge >= 0.3 is 0 Å². The molecule has 0 aromatic carbocycles. The Balaban J connectivity index is 2.04. The van der Waals surface area contributed by atoms with Crippen LogP contribution in [0.5, 0.6) is 0 Å². The number of nitrogens with zero attached hydrogens (tertiary/aromatic N) is 3. The molecule has 1 amide bonds. The first-order valence-corrected chi connectivity index (χ1v) is 5.26. The van der Waals surface area contributed by atoms with Gasteiger partial charge in [0, 0.05) is 12.4 Å². The van der Waals surface area contributed by atoms with Gasteiger partial charge in [-0.2, -0.15) is 0 Å². The number of hydrogen-bond acceptors (Lipinski definition) is 4. The second kappa shape index (κ2) is 4.73. The first-order valence-electron chi connectivity index (χ1n) is 5.26. The number of pyridine rings is 1. The van der Waals surface area contributed by atoms with Crippen molar-refractivity contribution in [1.82, 2.24) is 25.5 Å². The van der Waals surface area contributed by atoms with Gasteiger partial charge in [-0.05, 0) is 31.5 Å². The highest BCUT2D eigenvalue weighted by molar-refractivity contribution is 5.90. The number of aromatic nitrogens is 4. The van der Waals surface area contributed by atoms with Crippen molar-refractivity contribution in [3.05, 3.63) is 41.7 Å². The number of nitrogens with one attached hydrogen (secondary N) is 2. The number of amides is 1. The second-order valence-corrected chi connectivity index (χ2v) is 3.72. The lowest BCUT2D eigenvalue weighted by molar-refractivity contribution is 0.0929. The lowest BCUT2D eigenvalue weighted by atomic mass is 10.1. The molecule has 88 valence electrons. The normalized spacial score (nSPS) is 12.1. The summed E-state index contributed by atoms with van der Waals surface area (Å²) in [4.78, 5) is 19.7. The molecule has 0 fully saturated rings. The van der Waals surface area contributed by atoms with E-state index in [1.54, 1.807) is 19.3 Å². The van der Waals surface area contributed by atoms with Crippen LogP contribution < -0.4 is 5.32 Å². The predicted molar refractivity (Wildman–Crippen MR) is 61.2 cm³/mol. The quantitative estimate of drug-likeness (QED) is 0.825. The topological polar surface area (TPSA) is 83.6 Å². The molecule has 0 radical (unpaired) electrons. The Hall–Kier alpha value is -2.24. The standard InChI is InChI=1S/C11H13N5O/c1-7(9-3-5-12-6-4-9)13-11(17)10-14-8(2)15-16-10/h3-7H,1-2H3,(H,13,17)(H,14,15,16). The van der Waals surface area contributed by atoms with Gasteiger partial charge in [-0.1, -0.05) is 0 Å². The molecule has 2 rings (SSSR count). The maximum atomic E-state index is 11.8. The summed E-state index contributed by atoms with van der Waals surface area (Å²) < 4.78 is 0. The van der Waals surface area contributed by atoms with Gasteiger partial charge in [-0.25, -0.2) is 4.98 Å². The lowest BCUT2D eigenvalue weighted by Gasteiger charge is -2.12. The maximum Gasteiger partial charge on any atom is 0.291 e. The summed E-state index contributed by atoms with van der Waals surface area (Å²) in [6, 6.07) is 3.60. The highest BCUT2D eigenvalue weighted by Crippen LogP contribution is 2.10. The molecule has 2 N–H and O–H groups in total. The third-order valence-electron chi connectivity index (χ3n) is 2.35. The van der Waals surface area contributed by atoms with E-state index in [-0.39, 0.29) is 17.8 Å². The fraction of sp³-hybridized carbons (Fsp3) is 0.273. The van der Waals surface area contributed by atoms with E-state index >= 15 is 0 Å². The van der Waals surface area contributed by atoms with Crippen LogP contribution in [-0.2, 0) is 0 Å². The minimum atomic E-state index is -0.293. The van der Waals surface area contributed by atoms with Crippen molar-refractivity contribution in [3.63, 3.8) is 0 Å². The van der Waals surface area contributed by atoms with Crippen LogP contribution in [0.2, 0.25) is 0 Å². The molecule has 0 aliphatic carbocycles. The van der Waals surface area contributed by atoms with Crippen LogP contribution in [0.4, 0.5) is 0 Å². The Labute approximate surface area is 98.5 Å². The van der Waals surface area contributed by atoms with Gasteiger partial charge in [-0.3, -0.25) is 14.9 Å². The summed E-state index contributed by atoms with van der Waals surface area (Å²) in [5, 5.41) is 9.25. The van der Waals surface area contributed by atoms with E-state index in [2.05, 4.69) is 25.5 Å². The van der Waals surface area contributed by atoms with E-state index in [0.717, 1.165) is 5.56 Å². The van der Waals surface area contributed by atoms with Crippen LogP contribution in [0.3, 0.4) is 0 Å². The lowest BCUT2D eigenvalue weighted by Crippen LogP contribution is -2.27. The predicted octanol–water partition coefficient (Wildman–Crippen LogP) is 0.999. The molecule has 0 aliphatic rings. The number of hydrogen-bond donors (Lipinski definition) is 2. The Bertz CT molecular complexity index is 508. The van der Waals surface area contributed by atoms with E-state index in [1.165, 1.54) is 0 Å². The van der Waals surface area contributed by atoms with Crippen LogP contribution in [-0.4, -0.2) is 26.1 Å². The SMILES string of the molecule is Cc1nc(C(=O)NC(C)c2ccncc2)n[nH]1. The van der Waals surface area contributed by atoms with Gasteiger partial charge in [0.25, 0.3) is 5.91 Å². The van der Waals surface area contributed by atoms with E-state index in [9.17, 15) is 4.79 Å². The van der Waals surface area contributed by atoms with Gasteiger partial charge in [0.1, 0.15) is 5.82 Å². The highest BCUT2D eigenvalue weighted by atomic mass is 16.2. The fourth-order valence-electron chi connectivity index (χ4n) is 1.44. The van der Waals surface area contributed by atoms with Crippen molar-refractivity contribution in [1.29, 1.82) is 0 Å². The molecule has 0 saturated carbocycles. The molecule has 0 spiro atoms. The van der Waals surface area contributed by atoms with Crippen molar-refractivity contribution in [2.75, 3.05) is 0 Å². The van der Waals surface area contributed by atoms with Crippen LogP contribution in [0.15, 0.2) is 24.5 Å². The highest BCUT2D eigenvalue weighted by Gasteiger charge is 2.14. The van der Waals surface area contributed by atoms with Gasteiger partial charge in [0.05, 0.1) is 6.04 Å². The monoisotopic (exact) mass is 231 g/mol. The van der Waals surface area contributed by atoms with Crippen LogP contribution in [0.25, 0.3) is 0 Å². The molecule has 0 bridgehead atoms. The molecule has 6 nitrogen and oxygen atoms in total. The molecule has 1 atom stereocenters. The third-order valence-corrected chi connectivity index (χ3v) is 2.35. The summed E-state index contributed by atoms with van der Waals surface area (Å²) in [5.74, 6) is 0.480. The average molecular weight is 231 g/mol. The molecule has 1 unspecified atom stereocenters. The summed E-state index contributed by atoms with van der Waals surface area (Å²) in [7, 11) is 0. The number of aryl methyl sites for hydroxylation is 1. The van der Waals surface area contributed by atoms with Crippen LogP contribution in [0, 0.1) is 6.92 Å². The number of carbonyl (C=O) groups excluding carboxylic acids is 1. The largest absolute Gasteiger partial charge is 0.343 e. The molecular weight excluding hydrogens is 218 g/mol. The Morgan fingerprint density at radius 3 is 2.71 bits per heavy atom. The zero-order chi connectivity index (χ0) is 12.3. The second-order valence-electron chi connectivity index (χ2n) is 3.72. The molecule has 0 saturated heterocycles. The zero-order valence-corrected chi connectivity index (χ0v) is 9.64. The average Bonchev–Trinajstić information content (AvgIpc) is 2.77. The van der Waals surface area contributed by atoms with Gasteiger partial charge in [0.2, 0.25) is 5.82 Å². The van der Waals surface area contributed by atoms with Crippen molar-refractivity contribution < 1.29 is 4.79 Å². The molecule has 2 heterocycles. The van der Waals surface area contributed by atoms with E-state index < -0.39 is 0 Å². The number of rotatable bonds is 3. The molecule has 2 aromatic rings. The number of H-pyrrole nitrogens is 1. The zero-order valence-electron chi connectivity index (χ0n) is 9.64.